The molecule has 160 valence electrons. The third-order valence-electron chi connectivity index (χ3n) is 5.20. The minimum absolute atomic E-state index is 0.0301. The van der Waals surface area contributed by atoms with Crippen molar-refractivity contribution in [3.05, 3.63) is 45.5 Å². The maximum absolute atomic E-state index is 12.5. The summed E-state index contributed by atoms with van der Waals surface area (Å²) in [5, 5.41) is 19.6. The van der Waals surface area contributed by atoms with Crippen molar-refractivity contribution in [1.82, 2.24) is 19.7 Å². The number of amides is 1. The molecule has 2 N–H and O–H groups in total. The Morgan fingerprint density at radius 3 is 2.87 bits per heavy atom. The largest absolute Gasteiger partial charge is 0.350 e. The van der Waals surface area contributed by atoms with Gasteiger partial charge in [-0.15, -0.1) is 11.3 Å². The normalized spacial score (nSPS) is 15.5. The van der Waals surface area contributed by atoms with E-state index in [0.29, 0.717) is 29.6 Å². The van der Waals surface area contributed by atoms with Crippen molar-refractivity contribution in [2.45, 2.75) is 39.9 Å². The minimum atomic E-state index is -0.272. The van der Waals surface area contributed by atoms with Gasteiger partial charge < -0.3 is 15.5 Å². The zero-order valence-electron chi connectivity index (χ0n) is 17.9. The molecular formula is C21H24N8OS. The molecule has 0 aliphatic carbocycles. The fourth-order valence-electron chi connectivity index (χ4n) is 3.74. The number of hydrogen-bond donors (Lipinski definition) is 2. The summed E-state index contributed by atoms with van der Waals surface area (Å²) >= 11 is 1.47. The molecule has 0 fully saturated rings. The predicted octanol–water partition coefficient (Wildman–Crippen LogP) is 2.99. The highest BCUT2D eigenvalue weighted by Gasteiger charge is 2.35. The van der Waals surface area contributed by atoms with Gasteiger partial charge in [0.25, 0.3) is 0 Å². The lowest BCUT2D eigenvalue weighted by Gasteiger charge is -2.36. The van der Waals surface area contributed by atoms with Gasteiger partial charge in [-0.1, -0.05) is 13.8 Å². The molecule has 10 heteroatoms. The van der Waals surface area contributed by atoms with E-state index in [-0.39, 0.29) is 17.9 Å². The minimum Gasteiger partial charge on any atom is -0.350 e. The molecule has 31 heavy (non-hydrogen) atoms. The number of fused-ring (bicyclic) bond motifs is 1. The first-order chi connectivity index (χ1) is 14.9. The standard InChI is InChI=1S/C21H24N8OS/c1-12(2)18-20(30)26-17-13(3)25-21(27-19(17)28(18)4)23-8-14-9-24-29(10-14)11-16-6-5-15(7-22)31-16/h5-6,9-10,12,18H,8,11H2,1-4H3,(H,26,30)(H,23,25,27). The third-order valence-corrected chi connectivity index (χ3v) is 6.17. The molecule has 1 aliphatic rings. The molecule has 0 bridgehead atoms. The van der Waals surface area contributed by atoms with Crippen molar-refractivity contribution in [3.63, 3.8) is 0 Å². The Labute approximate surface area is 184 Å². The summed E-state index contributed by atoms with van der Waals surface area (Å²) < 4.78 is 1.85. The number of anilines is 3. The van der Waals surface area contributed by atoms with E-state index in [4.69, 9.17) is 5.26 Å². The summed E-state index contributed by atoms with van der Waals surface area (Å²) in [4.78, 5) is 25.3. The first kappa shape index (κ1) is 20.8. The Bertz CT molecular complexity index is 1160. The molecule has 9 nitrogen and oxygen atoms in total. The van der Waals surface area contributed by atoms with Crippen molar-refractivity contribution >= 4 is 34.7 Å². The molecule has 1 atom stereocenters. The number of hydrogen-bond acceptors (Lipinski definition) is 8. The molecule has 0 saturated carbocycles. The van der Waals surface area contributed by atoms with E-state index in [1.165, 1.54) is 11.3 Å². The molecule has 1 amide bonds. The van der Waals surface area contributed by atoms with E-state index in [9.17, 15) is 4.79 Å². The van der Waals surface area contributed by atoms with Crippen molar-refractivity contribution in [1.29, 1.82) is 5.26 Å². The van der Waals surface area contributed by atoms with Crippen molar-refractivity contribution in [2.24, 2.45) is 5.92 Å². The smallest absolute Gasteiger partial charge is 0.247 e. The second-order valence-corrected chi connectivity index (χ2v) is 9.07. The monoisotopic (exact) mass is 436 g/mol. The number of thiophene rings is 1. The summed E-state index contributed by atoms with van der Waals surface area (Å²) in [7, 11) is 1.89. The Morgan fingerprint density at radius 2 is 2.16 bits per heavy atom. The fourth-order valence-corrected chi connectivity index (χ4v) is 4.54. The molecule has 0 radical (unpaired) electrons. The van der Waals surface area contributed by atoms with E-state index >= 15 is 0 Å². The van der Waals surface area contributed by atoms with Crippen LogP contribution in [-0.4, -0.2) is 38.7 Å². The van der Waals surface area contributed by atoms with Crippen molar-refractivity contribution in [2.75, 3.05) is 22.6 Å². The number of aromatic nitrogens is 4. The number of likely N-dealkylation sites (N-methyl/N-ethyl adjacent to an activating group) is 1. The third kappa shape index (κ3) is 4.22. The molecule has 0 saturated heterocycles. The lowest BCUT2D eigenvalue weighted by atomic mass is 9.99. The van der Waals surface area contributed by atoms with Gasteiger partial charge in [-0.3, -0.25) is 9.48 Å². The topological polar surface area (TPSA) is 112 Å². The summed E-state index contributed by atoms with van der Waals surface area (Å²) in [6, 6.07) is 5.66. The van der Waals surface area contributed by atoms with Gasteiger partial charge in [0.1, 0.15) is 22.7 Å². The van der Waals surface area contributed by atoms with Gasteiger partial charge in [0.05, 0.1) is 18.4 Å². The zero-order chi connectivity index (χ0) is 22.1. The summed E-state index contributed by atoms with van der Waals surface area (Å²) in [5.41, 5.74) is 2.38. The van der Waals surface area contributed by atoms with Crippen LogP contribution in [0.3, 0.4) is 0 Å². The number of rotatable bonds is 6. The van der Waals surface area contributed by atoms with Crippen molar-refractivity contribution in [3.8, 4) is 6.07 Å². The summed E-state index contributed by atoms with van der Waals surface area (Å²) in [6.45, 7) is 7.06. The van der Waals surface area contributed by atoms with Crippen LogP contribution in [-0.2, 0) is 17.9 Å². The van der Waals surface area contributed by atoms with E-state index in [2.05, 4.69) is 31.8 Å². The Balaban J connectivity index is 1.46. The van der Waals surface area contributed by atoms with Crippen LogP contribution < -0.4 is 15.5 Å². The van der Waals surface area contributed by atoms with E-state index in [1.807, 2.05) is 55.7 Å². The van der Waals surface area contributed by atoms with Gasteiger partial charge in [0, 0.05) is 30.2 Å². The van der Waals surface area contributed by atoms with Gasteiger partial charge >= 0.3 is 0 Å². The summed E-state index contributed by atoms with van der Waals surface area (Å²) in [5.74, 6) is 1.35. The second kappa shape index (κ2) is 8.35. The molecule has 1 unspecified atom stereocenters. The highest BCUT2D eigenvalue weighted by Crippen LogP contribution is 2.34. The van der Waals surface area contributed by atoms with Crippen LogP contribution >= 0.6 is 11.3 Å². The molecule has 3 aromatic rings. The predicted molar refractivity (Wildman–Crippen MR) is 120 cm³/mol. The molecular weight excluding hydrogens is 412 g/mol. The number of nitrogens with one attached hydrogen (secondary N) is 2. The van der Waals surface area contributed by atoms with Crippen LogP contribution in [0.1, 0.15) is 34.9 Å². The van der Waals surface area contributed by atoms with E-state index in [0.717, 1.165) is 22.0 Å². The van der Waals surface area contributed by atoms with Gasteiger partial charge in [-0.25, -0.2) is 4.98 Å². The Kier molecular flexibility index (Phi) is 5.61. The number of carbonyl (C=O) groups excluding carboxylic acids is 1. The molecule has 4 heterocycles. The van der Waals surface area contributed by atoms with E-state index < -0.39 is 0 Å². The van der Waals surface area contributed by atoms with Gasteiger partial charge in [-0.05, 0) is 25.0 Å². The quantitative estimate of drug-likeness (QED) is 0.611. The van der Waals surface area contributed by atoms with E-state index in [1.54, 1.807) is 6.20 Å². The van der Waals surface area contributed by atoms with Crippen LogP contribution in [0.2, 0.25) is 0 Å². The first-order valence-corrected chi connectivity index (χ1v) is 10.8. The molecule has 0 spiro atoms. The lowest BCUT2D eigenvalue weighted by Crippen LogP contribution is -2.49. The lowest BCUT2D eigenvalue weighted by molar-refractivity contribution is -0.118. The average Bonchev–Trinajstić information content (AvgIpc) is 3.36. The molecule has 1 aliphatic heterocycles. The van der Waals surface area contributed by atoms with Gasteiger partial charge in [0.15, 0.2) is 5.82 Å². The Morgan fingerprint density at radius 1 is 1.35 bits per heavy atom. The number of aryl methyl sites for hydroxylation is 1. The maximum Gasteiger partial charge on any atom is 0.247 e. The maximum atomic E-state index is 12.5. The highest BCUT2D eigenvalue weighted by molar-refractivity contribution is 7.12. The highest BCUT2D eigenvalue weighted by atomic mass is 32.1. The second-order valence-electron chi connectivity index (χ2n) is 7.90. The molecule has 4 rings (SSSR count). The van der Waals surface area contributed by atoms with Gasteiger partial charge in [0.2, 0.25) is 11.9 Å². The SMILES string of the molecule is Cc1nc(NCc2cnn(Cc3ccc(C#N)s3)c2)nc2c1NC(=O)C(C(C)C)N2C. The molecule has 0 aromatic carbocycles. The van der Waals surface area contributed by atoms with Crippen LogP contribution in [0.15, 0.2) is 24.5 Å². The summed E-state index contributed by atoms with van der Waals surface area (Å²) in [6.07, 6.45) is 3.77. The average molecular weight is 437 g/mol. The van der Waals surface area contributed by atoms with Crippen LogP contribution in [0, 0.1) is 24.2 Å². The number of carbonyl (C=O) groups is 1. The number of nitriles is 1. The number of nitrogens with zero attached hydrogens (tertiary/aromatic N) is 6. The fraction of sp³-hybridized carbons (Fsp3) is 0.381. The van der Waals surface area contributed by atoms with Gasteiger partial charge in [-0.2, -0.15) is 15.3 Å². The first-order valence-electron chi connectivity index (χ1n) is 10.0. The van der Waals surface area contributed by atoms with Crippen molar-refractivity contribution < 1.29 is 4.79 Å². The van der Waals surface area contributed by atoms with Crippen LogP contribution in [0.4, 0.5) is 17.5 Å². The van der Waals surface area contributed by atoms with Crippen LogP contribution in [0.25, 0.3) is 0 Å². The Hall–Kier alpha value is -3.45. The zero-order valence-corrected chi connectivity index (χ0v) is 18.7. The molecule has 3 aromatic heterocycles. The van der Waals surface area contributed by atoms with Crippen LogP contribution in [0.5, 0.6) is 0 Å².